The van der Waals surface area contributed by atoms with Crippen molar-refractivity contribution >= 4 is 23.5 Å². The van der Waals surface area contributed by atoms with Gasteiger partial charge in [0.05, 0.1) is 12.7 Å². The molecule has 2 amide bonds. The topological polar surface area (TPSA) is 93.7 Å². The molecule has 0 aromatic heterocycles. The highest BCUT2D eigenvalue weighted by Gasteiger charge is 2.11. The van der Waals surface area contributed by atoms with Gasteiger partial charge in [-0.15, -0.1) is 0 Å². The molecule has 2 N–H and O–H groups in total. The van der Waals surface area contributed by atoms with Crippen molar-refractivity contribution in [3.05, 3.63) is 59.7 Å². The van der Waals surface area contributed by atoms with Crippen molar-refractivity contribution in [2.45, 2.75) is 6.92 Å². The molecule has 0 heterocycles. The standard InChI is InChI=1S/C19H20N2O5/c1-3-20-17(22)12-26-16-9-7-15(8-10-16)21-18(23)13-5-4-6-14(11-13)19(24)25-2/h4-11H,3,12H2,1-2H3,(H,20,22)(H,21,23). The van der Waals surface area contributed by atoms with E-state index in [-0.39, 0.29) is 18.4 Å². The molecular formula is C19H20N2O5. The van der Waals surface area contributed by atoms with Crippen LogP contribution in [0, 0.1) is 0 Å². The number of esters is 1. The lowest BCUT2D eigenvalue weighted by molar-refractivity contribution is -0.122. The Balaban J connectivity index is 1.97. The summed E-state index contributed by atoms with van der Waals surface area (Å²) < 4.78 is 9.99. The Hall–Kier alpha value is -3.35. The SMILES string of the molecule is CCNC(=O)COc1ccc(NC(=O)c2cccc(C(=O)OC)c2)cc1. The molecular weight excluding hydrogens is 336 g/mol. The van der Waals surface area contributed by atoms with Gasteiger partial charge >= 0.3 is 5.97 Å². The van der Waals surface area contributed by atoms with Crippen LogP contribution in [-0.2, 0) is 9.53 Å². The van der Waals surface area contributed by atoms with Gasteiger partial charge in [0.2, 0.25) is 0 Å². The van der Waals surface area contributed by atoms with E-state index in [4.69, 9.17) is 4.74 Å². The highest BCUT2D eigenvalue weighted by molar-refractivity contribution is 6.05. The predicted octanol–water partition coefficient (Wildman–Crippen LogP) is 2.24. The number of likely N-dealkylation sites (N-methyl/N-ethyl adjacent to an activating group) is 1. The largest absolute Gasteiger partial charge is 0.484 e. The average molecular weight is 356 g/mol. The molecule has 0 aliphatic carbocycles. The van der Waals surface area contributed by atoms with Crippen molar-refractivity contribution in [1.82, 2.24) is 5.32 Å². The summed E-state index contributed by atoms with van der Waals surface area (Å²) in [6, 6.07) is 12.9. The number of methoxy groups -OCH3 is 1. The number of anilines is 1. The molecule has 2 aromatic rings. The van der Waals surface area contributed by atoms with E-state index in [1.165, 1.54) is 13.2 Å². The Morgan fingerprint density at radius 3 is 2.35 bits per heavy atom. The first kappa shape index (κ1) is 19.0. The summed E-state index contributed by atoms with van der Waals surface area (Å²) >= 11 is 0. The van der Waals surface area contributed by atoms with Gasteiger partial charge in [0.25, 0.3) is 11.8 Å². The number of hydrogen-bond donors (Lipinski definition) is 2. The van der Waals surface area contributed by atoms with Gasteiger partial charge in [-0.1, -0.05) is 6.07 Å². The van der Waals surface area contributed by atoms with Crippen LogP contribution in [0.25, 0.3) is 0 Å². The highest BCUT2D eigenvalue weighted by Crippen LogP contribution is 2.17. The van der Waals surface area contributed by atoms with E-state index in [0.717, 1.165) is 0 Å². The molecule has 26 heavy (non-hydrogen) atoms. The number of carbonyl (C=O) groups is 3. The summed E-state index contributed by atoms with van der Waals surface area (Å²) in [6.07, 6.45) is 0. The summed E-state index contributed by atoms with van der Waals surface area (Å²) in [5.74, 6) is -0.544. The fraction of sp³-hybridized carbons (Fsp3) is 0.211. The molecule has 0 spiro atoms. The van der Waals surface area contributed by atoms with Gasteiger partial charge in [-0.05, 0) is 49.4 Å². The lowest BCUT2D eigenvalue weighted by atomic mass is 10.1. The second-order valence-corrected chi connectivity index (χ2v) is 5.29. The predicted molar refractivity (Wildman–Crippen MR) is 96.4 cm³/mol. The number of ether oxygens (including phenoxy) is 2. The van der Waals surface area contributed by atoms with Gasteiger partial charge in [-0.25, -0.2) is 4.79 Å². The van der Waals surface area contributed by atoms with E-state index >= 15 is 0 Å². The first-order chi connectivity index (χ1) is 12.5. The minimum atomic E-state index is -0.506. The Morgan fingerprint density at radius 1 is 1.00 bits per heavy atom. The van der Waals surface area contributed by atoms with Crippen molar-refractivity contribution in [2.24, 2.45) is 0 Å². The first-order valence-corrected chi connectivity index (χ1v) is 8.02. The molecule has 0 atom stereocenters. The molecule has 0 unspecified atom stereocenters. The second-order valence-electron chi connectivity index (χ2n) is 5.29. The third-order valence-electron chi connectivity index (χ3n) is 3.40. The maximum Gasteiger partial charge on any atom is 0.337 e. The summed E-state index contributed by atoms with van der Waals surface area (Å²) in [7, 11) is 1.28. The lowest BCUT2D eigenvalue weighted by Gasteiger charge is -2.09. The molecule has 0 fully saturated rings. The lowest BCUT2D eigenvalue weighted by Crippen LogP contribution is -2.28. The smallest absolute Gasteiger partial charge is 0.337 e. The van der Waals surface area contributed by atoms with E-state index < -0.39 is 5.97 Å². The van der Waals surface area contributed by atoms with Crippen LogP contribution in [0.4, 0.5) is 5.69 Å². The maximum atomic E-state index is 12.3. The number of rotatable bonds is 7. The van der Waals surface area contributed by atoms with Gasteiger partial charge < -0.3 is 20.1 Å². The quantitative estimate of drug-likeness (QED) is 0.742. The fourth-order valence-electron chi connectivity index (χ4n) is 2.14. The van der Waals surface area contributed by atoms with Crippen LogP contribution in [0.3, 0.4) is 0 Å². The monoisotopic (exact) mass is 356 g/mol. The van der Waals surface area contributed by atoms with Crippen LogP contribution < -0.4 is 15.4 Å². The van der Waals surface area contributed by atoms with E-state index in [0.29, 0.717) is 29.1 Å². The van der Waals surface area contributed by atoms with Crippen LogP contribution in [0.1, 0.15) is 27.6 Å². The minimum Gasteiger partial charge on any atom is -0.484 e. The van der Waals surface area contributed by atoms with E-state index in [1.54, 1.807) is 42.5 Å². The van der Waals surface area contributed by atoms with Gasteiger partial charge in [0.15, 0.2) is 6.61 Å². The van der Waals surface area contributed by atoms with Gasteiger partial charge in [0, 0.05) is 17.8 Å². The molecule has 0 bridgehead atoms. The zero-order valence-corrected chi connectivity index (χ0v) is 14.6. The third kappa shape index (κ3) is 5.34. The number of nitrogens with one attached hydrogen (secondary N) is 2. The number of benzene rings is 2. The van der Waals surface area contributed by atoms with E-state index in [9.17, 15) is 14.4 Å². The third-order valence-corrected chi connectivity index (χ3v) is 3.40. The molecule has 0 aliphatic rings. The molecule has 0 saturated carbocycles. The highest BCUT2D eigenvalue weighted by atomic mass is 16.5. The average Bonchev–Trinajstić information content (AvgIpc) is 2.67. The Bertz CT molecular complexity index is 787. The summed E-state index contributed by atoms with van der Waals surface area (Å²) in [6.45, 7) is 2.31. The van der Waals surface area contributed by atoms with Crippen molar-refractivity contribution in [3.63, 3.8) is 0 Å². The van der Waals surface area contributed by atoms with Gasteiger partial charge in [0.1, 0.15) is 5.75 Å². The maximum absolute atomic E-state index is 12.3. The van der Waals surface area contributed by atoms with Crippen LogP contribution in [-0.4, -0.2) is 38.0 Å². The molecule has 0 saturated heterocycles. The summed E-state index contributed by atoms with van der Waals surface area (Å²) in [4.78, 5) is 35.2. The van der Waals surface area contributed by atoms with E-state index in [1.807, 2.05) is 6.92 Å². The van der Waals surface area contributed by atoms with Crippen molar-refractivity contribution in [3.8, 4) is 5.75 Å². The zero-order valence-electron chi connectivity index (χ0n) is 14.6. The van der Waals surface area contributed by atoms with Crippen LogP contribution in [0.2, 0.25) is 0 Å². The summed E-state index contributed by atoms with van der Waals surface area (Å²) in [5, 5.41) is 5.36. The van der Waals surface area contributed by atoms with Crippen LogP contribution in [0.15, 0.2) is 48.5 Å². The normalized spacial score (nSPS) is 9.92. The number of amides is 2. The van der Waals surface area contributed by atoms with Crippen molar-refractivity contribution in [1.29, 1.82) is 0 Å². The molecule has 2 rings (SSSR count). The van der Waals surface area contributed by atoms with Crippen molar-refractivity contribution < 1.29 is 23.9 Å². The van der Waals surface area contributed by atoms with Gasteiger partial charge in [-0.2, -0.15) is 0 Å². The molecule has 136 valence electrons. The molecule has 0 aliphatic heterocycles. The second kappa shape index (κ2) is 9.22. The Morgan fingerprint density at radius 2 is 1.69 bits per heavy atom. The van der Waals surface area contributed by atoms with Crippen LogP contribution in [0.5, 0.6) is 5.75 Å². The number of carbonyl (C=O) groups excluding carboxylic acids is 3. The Kier molecular flexibility index (Phi) is 6.73. The minimum absolute atomic E-state index is 0.0696. The van der Waals surface area contributed by atoms with Gasteiger partial charge in [-0.3, -0.25) is 9.59 Å². The zero-order chi connectivity index (χ0) is 18.9. The Labute approximate surface area is 151 Å². The van der Waals surface area contributed by atoms with Crippen LogP contribution >= 0.6 is 0 Å². The molecule has 0 radical (unpaired) electrons. The first-order valence-electron chi connectivity index (χ1n) is 8.02. The summed E-state index contributed by atoms with van der Waals surface area (Å²) in [5.41, 5.74) is 1.20. The fourth-order valence-corrected chi connectivity index (χ4v) is 2.14. The molecule has 7 nitrogen and oxygen atoms in total. The number of hydrogen-bond acceptors (Lipinski definition) is 5. The molecule has 2 aromatic carbocycles. The van der Waals surface area contributed by atoms with Crippen molar-refractivity contribution in [2.75, 3.05) is 25.6 Å². The molecule has 7 heteroatoms. The van der Waals surface area contributed by atoms with E-state index in [2.05, 4.69) is 15.4 Å².